The molecule has 78 valence electrons. The highest BCUT2D eigenvalue weighted by Gasteiger charge is 2.12. The summed E-state index contributed by atoms with van der Waals surface area (Å²) in [6, 6.07) is 6.21. The summed E-state index contributed by atoms with van der Waals surface area (Å²) in [5.41, 5.74) is 3.29. The van der Waals surface area contributed by atoms with Gasteiger partial charge < -0.3 is 4.90 Å². The molecule has 0 radical (unpaired) electrons. The Morgan fingerprint density at radius 1 is 1.43 bits per heavy atom. The molecule has 0 amide bonds. The fourth-order valence-electron chi connectivity index (χ4n) is 1.62. The summed E-state index contributed by atoms with van der Waals surface area (Å²) in [6.45, 7) is 2.23. The Hall–Kier alpha value is -0.473. The number of rotatable bonds is 3. The van der Waals surface area contributed by atoms with Crippen LogP contribution in [0.5, 0.6) is 0 Å². The Morgan fingerprint density at radius 2 is 2.07 bits per heavy atom. The van der Waals surface area contributed by atoms with Crippen molar-refractivity contribution in [1.82, 2.24) is 0 Å². The smallest absolute Gasteiger partial charge is 0.0642 e. The van der Waals surface area contributed by atoms with Crippen molar-refractivity contribution < 1.29 is 0 Å². The highest BCUT2D eigenvalue weighted by atomic mass is 35.5. The lowest BCUT2D eigenvalue weighted by atomic mass is 10.1. The minimum absolute atomic E-state index is 0.700. The van der Waals surface area contributed by atoms with E-state index in [1.54, 1.807) is 0 Å². The first-order valence-electron chi connectivity index (χ1n) is 5.03. The van der Waals surface area contributed by atoms with Crippen molar-refractivity contribution >= 4 is 27.5 Å². The van der Waals surface area contributed by atoms with E-state index < -0.39 is 0 Å². The zero-order valence-corrected chi connectivity index (χ0v) is 12.1. The Balaban J connectivity index is 3.21. The van der Waals surface area contributed by atoms with Gasteiger partial charge in [0.2, 0.25) is 0 Å². The molecule has 1 unspecified atom stereocenters. The predicted molar refractivity (Wildman–Crippen MR) is 68.8 cm³/mol. The van der Waals surface area contributed by atoms with Gasteiger partial charge in [0, 0.05) is 24.3 Å². The summed E-state index contributed by atoms with van der Waals surface area (Å²) in [5.74, 6) is 0. The predicted octanol–water partition coefficient (Wildman–Crippen LogP) is 2.22. The minimum atomic E-state index is 0.700. The lowest BCUT2D eigenvalue weighted by molar-refractivity contribution is 0.875. The van der Waals surface area contributed by atoms with Crippen LogP contribution in [0.4, 0.5) is 5.69 Å². The molecule has 0 saturated heterocycles. The first kappa shape index (κ1) is 11.6. The van der Waals surface area contributed by atoms with Gasteiger partial charge in [0.1, 0.15) is 0 Å². The molecule has 1 rings (SSSR count). The molecular weight excluding hydrogens is 210 g/mol. The summed E-state index contributed by atoms with van der Waals surface area (Å²) in [6.07, 6.45) is 1.20. The molecule has 0 heterocycles. The van der Waals surface area contributed by atoms with Crippen molar-refractivity contribution in [2.75, 3.05) is 19.0 Å². The van der Waals surface area contributed by atoms with Crippen LogP contribution in [-0.2, 0) is 0 Å². The van der Waals surface area contributed by atoms with E-state index in [-0.39, 0.29) is 0 Å². The first-order chi connectivity index (χ1) is 6.57. The van der Waals surface area contributed by atoms with Crippen LogP contribution in [0.3, 0.4) is 0 Å². The van der Waals surface area contributed by atoms with E-state index in [4.69, 9.17) is 11.6 Å². The molecular formula is C11H18ClNSi. The Kier molecular flexibility index (Phi) is 4.02. The van der Waals surface area contributed by atoms with E-state index in [1.807, 2.05) is 12.1 Å². The van der Waals surface area contributed by atoms with Crippen LogP contribution in [0, 0.1) is 0 Å². The maximum absolute atomic E-state index is 6.20. The SMILES string of the molecule is CCC([SiH3])c1cccc(Cl)c1N(C)C. The van der Waals surface area contributed by atoms with Gasteiger partial charge in [-0.05, 0) is 17.2 Å². The third-order valence-corrected chi connectivity index (χ3v) is 4.35. The van der Waals surface area contributed by atoms with Crippen LogP contribution in [0.2, 0.25) is 5.02 Å². The Bertz CT molecular complexity index is 312. The van der Waals surface area contributed by atoms with Crippen LogP contribution in [0.15, 0.2) is 18.2 Å². The molecule has 1 nitrogen and oxygen atoms in total. The van der Waals surface area contributed by atoms with E-state index in [0.717, 1.165) is 5.02 Å². The molecule has 3 heteroatoms. The standard InChI is InChI=1S/C11H18ClNSi/c1-4-10(14)8-6-5-7-9(12)11(8)13(2)3/h5-7,10H,4H2,1-3,14H3. The molecule has 1 atom stereocenters. The quantitative estimate of drug-likeness (QED) is 0.716. The van der Waals surface area contributed by atoms with Crippen molar-refractivity contribution in [2.24, 2.45) is 0 Å². The Morgan fingerprint density at radius 3 is 2.57 bits per heavy atom. The van der Waals surface area contributed by atoms with Crippen molar-refractivity contribution in [3.63, 3.8) is 0 Å². The van der Waals surface area contributed by atoms with Gasteiger partial charge in [-0.1, -0.05) is 37.1 Å². The van der Waals surface area contributed by atoms with E-state index in [1.165, 1.54) is 27.9 Å². The molecule has 14 heavy (non-hydrogen) atoms. The number of para-hydroxylation sites is 1. The molecule has 0 aliphatic carbocycles. The van der Waals surface area contributed by atoms with E-state index in [0.29, 0.717) is 5.54 Å². The molecule has 0 aromatic heterocycles. The zero-order chi connectivity index (χ0) is 10.7. The highest BCUT2D eigenvalue weighted by molar-refractivity contribution is 6.33. The van der Waals surface area contributed by atoms with Gasteiger partial charge in [-0.15, -0.1) is 0 Å². The maximum atomic E-state index is 6.20. The molecule has 1 aromatic carbocycles. The van der Waals surface area contributed by atoms with Gasteiger partial charge in [-0.2, -0.15) is 0 Å². The Labute approximate surface area is 94.5 Å². The highest BCUT2D eigenvalue weighted by Crippen LogP contribution is 2.33. The largest absolute Gasteiger partial charge is 0.376 e. The number of hydrogen-bond donors (Lipinski definition) is 0. The average molecular weight is 228 g/mol. The van der Waals surface area contributed by atoms with E-state index >= 15 is 0 Å². The summed E-state index contributed by atoms with van der Waals surface area (Å²) >= 11 is 6.20. The van der Waals surface area contributed by atoms with Crippen molar-refractivity contribution in [1.29, 1.82) is 0 Å². The van der Waals surface area contributed by atoms with Gasteiger partial charge in [0.25, 0.3) is 0 Å². The second-order valence-electron chi connectivity index (χ2n) is 3.88. The maximum Gasteiger partial charge on any atom is 0.0642 e. The van der Waals surface area contributed by atoms with Crippen LogP contribution in [0.1, 0.15) is 24.4 Å². The summed E-state index contributed by atoms with van der Waals surface area (Å²) in [5, 5.41) is 0.863. The molecule has 0 aliphatic rings. The van der Waals surface area contributed by atoms with Crippen LogP contribution >= 0.6 is 11.6 Å². The third-order valence-electron chi connectivity index (χ3n) is 2.61. The summed E-state index contributed by atoms with van der Waals surface area (Å²) < 4.78 is 0. The number of halogens is 1. The minimum Gasteiger partial charge on any atom is -0.376 e. The summed E-state index contributed by atoms with van der Waals surface area (Å²) in [7, 11) is 5.28. The molecule has 0 aliphatic heterocycles. The van der Waals surface area contributed by atoms with Gasteiger partial charge in [-0.25, -0.2) is 0 Å². The molecule has 0 bridgehead atoms. The first-order valence-corrected chi connectivity index (χ1v) is 6.57. The number of nitrogens with zero attached hydrogens (tertiary/aromatic N) is 1. The third kappa shape index (κ3) is 2.31. The second-order valence-corrected chi connectivity index (χ2v) is 5.68. The molecule has 0 saturated carbocycles. The van der Waals surface area contributed by atoms with Crippen LogP contribution in [-0.4, -0.2) is 24.3 Å². The van der Waals surface area contributed by atoms with E-state index in [9.17, 15) is 0 Å². The summed E-state index contributed by atoms with van der Waals surface area (Å²) in [4.78, 5) is 2.11. The zero-order valence-electron chi connectivity index (χ0n) is 9.34. The normalized spacial score (nSPS) is 12.9. The topological polar surface area (TPSA) is 3.24 Å². The van der Waals surface area contributed by atoms with Gasteiger partial charge in [-0.3, -0.25) is 0 Å². The molecule has 0 fully saturated rings. The van der Waals surface area contributed by atoms with Crippen molar-refractivity contribution in [2.45, 2.75) is 18.9 Å². The average Bonchev–Trinajstić information content (AvgIpc) is 2.15. The van der Waals surface area contributed by atoms with Gasteiger partial charge in [0.15, 0.2) is 0 Å². The van der Waals surface area contributed by atoms with Crippen LogP contribution < -0.4 is 4.90 Å². The lowest BCUT2D eigenvalue weighted by Crippen LogP contribution is -2.13. The number of anilines is 1. The lowest BCUT2D eigenvalue weighted by Gasteiger charge is -2.22. The molecule has 0 N–H and O–H groups in total. The number of hydrogen-bond acceptors (Lipinski definition) is 1. The fourth-order valence-corrected chi connectivity index (χ4v) is 2.44. The monoisotopic (exact) mass is 227 g/mol. The van der Waals surface area contributed by atoms with Crippen LogP contribution in [0.25, 0.3) is 0 Å². The van der Waals surface area contributed by atoms with Gasteiger partial charge >= 0.3 is 0 Å². The molecule has 0 spiro atoms. The second kappa shape index (κ2) is 4.85. The number of benzene rings is 1. The van der Waals surface area contributed by atoms with Crippen molar-refractivity contribution in [3.05, 3.63) is 28.8 Å². The van der Waals surface area contributed by atoms with Crippen molar-refractivity contribution in [3.8, 4) is 0 Å². The van der Waals surface area contributed by atoms with E-state index in [2.05, 4.69) is 32.0 Å². The van der Waals surface area contributed by atoms with Gasteiger partial charge in [0.05, 0.1) is 10.7 Å². The fraction of sp³-hybridized carbons (Fsp3) is 0.455. The molecule has 1 aromatic rings.